The molecule has 1 aromatic rings. The molecular weight excluding hydrogens is 238 g/mol. The molecule has 18 heavy (non-hydrogen) atoms. The second-order valence-electron chi connectivity index (χ2n) is 3.86. The number of nitro groups is 1. The molecule has 0 aliphatic heterocycles. The topological polar surface area (TPSA) is 89.7 Å². The third-order valence-electron chi connectivity index (χ3n) is 2.55. The van der Waals surface area contributed by atoms with Crippen LogP contribution in [0.1, 0.15) is 24.8 Å². The Morgan fingerprint density at radius 3 is 2.72 bits per heavy atom. The Balaban J connectivity index is 2.64. The van der Waals surface area contributed by atoms with E-state index in [-0.39, 0.29) is 17.9 Å². The number of ether oxygens (including phenoxy) is 1. The number of hydrogen-bond donors (Lipinski definition) is 1. The predicted octanol–water partition coefficient (Wildman–Crippen LogP) is 2.40. The van der Waals surface area contributed by atoms with E-state index < -0.39 is 10.9 Å². The van der Waals surface area contributed by atoms with Gasteiger partial charge in [-0.05, 0) is 30.9 Å². The first-order chi connectivity index (χ1) is 8.54. The monoisotopic (exact) mass is 253 g/mol. The maximum Gasteiger partial charge on any atom is 0.311 e. The molecular formula is C12H15NO5. The van der Waals surface area contributed by atoms with Crippen molar-refractivity contribution < 1.29 is 19.6 Å². The zero-order valence-corrected chi connectivity index (χ0v) is 10.1. The minimum atomic E-state index is -0.823. The van der Waals surface area contributed by atoms with Gasteiger partial charge in [-0.3, -0.25) is 14.9 Å². The molecule has 0 heterocycles. The average molecular weight is 253 g/mol. The first-order valence-corrected chi connectivity index (χ1v) is 5.57. The number of carboxylic acids is 1. The second-order valence-corrected chi connectivity index (χ2v) is 3.86. The molecule has 0 saturated carbocycles. The van der Waals surface area contributed by atoms with Gasteiger partial charge >= 0.3 is 11.7 Å². The number of hydrogen-bond acceptors (Lipinski definition) is 4. The highest BCUT2D eigenvalue weighted by Gasteiger charge is 2.14. The molecule has 6 heteroatoms. The van der Waals surface area contributed by atoms with Gasteiger partial charge in [0.1, 0.15) is 0 Å². The number of nitro benzene ring substituents is 1. The molecule has 0 unspecified atom stereocenters. The summed E-state index contributed by atoms with van der Waals surface area (Å²) in [6.45, 7) is 0. The third-order valence-corrected chi connectivity index (χ3v) is 2.55. The fourth-order valence-corrected chi connectivity index (χ4v) is 1.64. The van der Waals surface area contributed by atoms with Gasteiger partial charge in [-0.25, -0.2) is 0 Å². The first-order valence-electron chi connectivity index (χ1n) is 5.57. The first kappa shape index (κ1) is 14.0. The van der Waals surface area contributed by atoms with Crippen molar-refractivity contribution >= 4 is 11.7 Å². The van der Waals surface area contributed by atoms with Gasteiger partial charge in [-0.1, -0.05) is 6.07 Å². The minimum absolute atomic E-state index is 0.0618. The molecule has 0 saturated heterocycles. The van der Waals surface area contributed by atoms with E-state index in [4.69, 9.17) is 9.84 Å². The number of carboxylic acid groups (broad SMARTS) is 1. The lowest BCUT2D eigenvalue weighted by atomic mass is 10.1. The molecule has 0 spiro atoms. The predicted molar refractivity (Wildman–Crippen MR) is 64.8 cm³/mol. The van der Waals surface area contributed by atoms with Gasteiger partial charge in [-0.2, -0.15) is 0 Å². The summed E-state index contributed by atoms with van der Waals surface area (Å²) in [5.74, 6) is -0.593. The Bertz CT molecular complexity index is 444. The van der Waals surface area contributed by atoms with Crippen molar-refractivity contribution in [2.75, 3.05) is 7.11 Å². The van der Waals surface area contributed by atoms with Crippen molar-refractivity contribution in [3.05, 3.63) is 33.9 Å². The molecule has 0 fully saturated rings. The average Bonchev–Trinajstić information content (AvgIpc) is 2.34. The highest BCUT2D eigenvalue weighted by Crippen LogP contribution is 2.28. The van der Waals surface area contributed by atoms with Crippen molar-refractivity contribution in [1.29, 1.82) is 0 Å². The van der Waals surface area contributed by atoms with Crippen molar-refractivity contribution in [3.63, 3.8) is 0 Å². The van der Waals surface area contributed by atoms with Gasteiger partial charge in [0, 0.05) is 12.5 Å². The van der Waals surface area contributed by atoms with Crippen LogP contribution in [0.5, 0.6) is 5.75 Å². The van der Waals surface area contributed by atoms with Crippen molar-refractivity contribution in [3.8, 4) is 5.75 Å². The van der Waals surface area contributed by atoms with Crippen LogP contribution in [-0.2, 0) is 11.2 Å². The Hall–Kier alpha value is -2.11. The summed E-state index contributed by atoms with van der Waals surface area (Å²) in [4.78, 5) is 20.6. The van der Waals surface area contributed by atoms with Crippen LogP contribution in [0.3, 0.4) is 0 Å². The number of benzene rings is 1. The maximum absolute atomic E-state index is 10.8. The zero-order chi connectivity index (χ0) is 13.5. The molecule has 98 valence electrons. The maximum atomic E-state index is 10.8. The lowest BCUT2D eigenvalue weighted by Crippen LogP contribution is -1.97. The van der Waals surface area contributed by atoms with E-state index in [9.17, 15) is 14.9 Å². The largest absolute Gasteiger partial charge is 0.490 e. The molecule has 0 bridgehead atoms. The Morgan fingerprint density at radius 2 is 2.17 bits per heavy atom. The van der Waals surface area contributed by atoms with E-state index in [0.717, 1.165) is 5.56 Å². The van der Waals surface area contributed by atoms with Crippen LogP contribution in [0.25, 0.3) is 0 Å². The van der Waals surface area contributed by atoms with Gasteiger partial charge in [0.05, 0.1) is 12.0 Å². The third kappa shape index (κ3) is 4.04. The fourth-order valence-electron chi connectivity index (χ4n) is 1.64. The Morgan fingerprint density at radius 1 is 1.44 bits per heavy atom. The van der Waals surface area contributed by atoms with E-state index in [1.54, 1.807) is 12.1 Å². The van der Waals surface area contributed by atoms with Crippen molar-refractivity contribution in [1.82, 2.24) is 0 Å². The molecule has 6 nitrogen and oxygen atoms in total. The summed E-state index contributed by atoms with van der Waals surface area (Å²) in [6.07, 6.45) is 2.00. The van der Waals surface area contributed by atoms with Gasteiger partial charge in [0.15, 0.2) is 5.75 Å². The van der Waals surface area contributed by atoms with Crippen LogP contribution in [0.4, 0.5) is 5.69 Å². The minimum Gasteiger partial charge on any atom is -0.490 e. The summed E-state index contributed by atoms with van der Waals surface area (Å²) in [7, 11) is 1.38. The summed E-state index contributed by atoms with van der Waals surface area (Å²) in [6, 6.07) is 4.79. The van der Waals surface area contributed by atoms with E-state index in [0.29, 0.717) is 19.3 Å². The fraction of sp³-hybridized carbons (Fsp3) is 0.417. The van der Waals surface area contributed by atoms with Crippen molar-refractivity contribution in [2.45, 2.75) is 25.7 Å². The number of aliphatic carboxylic acids is 1. The van der Waals surface area contributed by atoms with Gasteiger partial charge in [-0.15, -0.1) is 0 Å². The van der Waals surface area contributed by atoms with Crippen LogP contribution in [-0.4, -0.2) is 23.1 Å². The summed E-state index contributed by atoms with van der Waals surface area (Å²) >= 11 is 0. The van der Waals surface area contributed by atoms with Gasteiger partial charge in [0.25, 0.3) is 0 Å². The lowest BCUT2D eigenvalue weighted by molar-refractivity contribution is -0.385. The number of methoxy groups -OCH3 is 1. The van der Waals surface area contributed by atoms with Crippen molar-refractivity contribution in [2.24, 2.45) is 0 Å². The van der Waals surface area contributed by atoms with E-state index >= 15 is 0 Å². The zero-order valence-electron chi connectivity index (χ0n) is 10.1. The van der Waals surface area contributed by atoms with Gasteiger partial charge in [0.2, 0.25) is 0 Å². The Labute approximate surface area is 104 Å². The number of nitrogens with zero attached hydrogens (tertiary/aromatic N) is 1. The number of rotatable bonds is 7. The number of carbonyl (C=O) groups is 1. The lowest BCUT2D eigenvalue weighted by Gasteiger charge is -2.04. The van der Waals surface area contributed by atoms with E-state index in [1.807, 2.05) is 0 Å². The van der Waals surface area contributed by atoms with Crippen LogP contribution < -0.4 is 4.74 Å². The van der Waals surface area contributed by atoms with Crippen LogP contribution in [0.15, 0.2) is 18.2 Å². The molecule has 0 aromatic heterocycles. The molecule has 0 aliphatic rings. The molecule has 1 aromatic carbocycles. The summed E-state index contributed by atoms with van der Waals surface area (Å²) in [5, 5.41) is 19.3. The van der Waals surface area contributed by atoms with E-state index in [1.165, 1.54) is 13.2 Å². The van der Waals surface area contributed by atoms with Crippen LogP contribution in [0.2, 0.25) is 0 Å². The molecule has 0 atom stereocenters. The highest BCUT2D eigenvalue weighted by molar-refractivity contribution is 5.66. The summed E-state index contributed by atoms with van der Waals surface area (Å²) < 4.78 is 4.90. The quantitative estimate of drug-likeness (QED) is 0.457. The molecule has 0 aliphatic carbocycles. The normalized spacial score (nSPS) is 10.1. The molecule has 0 radical (unpaired) electrons. The number of unbranched alkanes of at least 4 members (excludes halogenated alkanes) is 1. The summed E-state index contributed by atoms with van der Waals surface area (Å²) in [5.41, 5.74) is 0.751. The van der Waals surface area contributed by atoms with Crippen LogP contribution in [0, 0.1) is 10.1 Å². The molecule has 1 rings (SSSR count). The number of aryl methyl sites for hydroxylation is 1. The standard InChI is InChI=1S/C12H15NO5/c1-18-11-7-6-9(8-10(11)13(16)17)4-2-3-5-12(14)15/h6-8H,2-5H2,1H3,(H,14,15). The highest BCUT2D eigenvalue weighted by atomic mass is 16.6. The van der Waals surface area contributed by atoms with Crippen LogP contribution >= 0.6 is 0 Å². The second kappa shape index (κ2) is 6.58. The van der Waals surface area contributed by atoms with Gasteiger partial charge < -0.3 is 9.84 Å². The molecule has 1 N–H and O–H groups in total. The molecule has 0 amide bonds. The smallest absolute Gasteiger partial charge is 0.311 e. The Kier molecular flexibility index (Phi) is 5.10. The van der Waals surface area contributed by atoms with E-state index in [2.05, 4.69) is 0 Å². The SMILES string of the molecule is COc1ccc(CCCCC(=O)O)cc1[N+](=O)[O-].